The fraction of sp³-hybridized carbons (Fsp3) is 0.0909. The van der Waals surface area contributed by atoms with Crippen LogP contribution in [0.2, 0.25) is 5.02 Å². The van der Waals surface area contributed by atoms with Crippen LogP contribution in [0.15, 0.2) is 72.8 Å². The number of hydrogen-bond acceptors (Lipinski definition) is 3. The highest BCUT2D eigenvalue weighted by atomic mass is 35.5. The zero-order chi connectivity index (χ0) is 19.5. The van der Waals surface area contributed by atoms with Crippen molar-refractivity contribution in [1.29, 1.82) is 0 Å². The number of imidazole rings is 1. The molecule has 0 saturated carbocycles. The smallest absolute Gasteiger partial charge is 0.323 e. The summed E-state index contributed by atoms with van der Waals surface area (Å²) in [6.45, 7) is 0.302. The Morgan fingerprint density at radius 3 is 2.50 bits per heavy atom. The number of rotatable bonds is 6. The van der Waals surface area contributed by atoms with E-state index < -0.39 is 5.97 Å². The zero-order valence-corrected chi connectivity index (χ0v) is 15.6. The zero-order valence-electron chi connectivity index (χ0n) is 14.9. The average Bonchev–Trinajstić information content (AvgIpc) is 3.04. The minimum absolute atomic E-state index is 0.181. The van der Waals surface area contributed by atoms with E-state index in [0.717, 1.165) is 22.4 Å². The molecule has 0 aliphatic rings. The third-order valence-corrected chi connectivity index (χ3v) is 4.60. The lowest BCUT2D eigenvalue weighted by Crippen LogP contribution is -2.10. The standard InChI is InChI=1S/C22H17ClN2O3/c23-17-8-11-20-19(12-17)24-22(25(20)13-21(26)27)16-6-9-18(10-7-16)28-14-15-4-2-1-3-5-15/h1-12H,13-14H2,(H,26,27). The topological polar surface area (TPSA) is 64.3 Å². The number of carbonyl (C=O) groups is 1. The van der Waals surface area contributed by atoms with Crippen LogP contribution in [0.1, 0.15) is 5.56 Å². The maximum Gasteiger partial charge on any atom is 0.323 e. The van der Waals surface area contributed by atoms with Gasteiger partial charge in [0.1, 0.15) is 24.7 Å². The molecule has 0 unspecified atom stereocenters. The molecule has 4 rings (SSSR count). The van der Waals surface area contributed by atoms with Gasteiger partial charge in [0.2, 0.25) is 0 Å². The molecule has 0 aliphatic carbocycles. The van der Waals surface area contributed by atoms with Gasteiger partial charge in [-0.2, -0.15) is 0 Å². The molecule has 0 saturated heterocycles. The van der Waals surface area contributed by atoms with Gasteiger partial charge in [-0.05, 0) is 48.0 Å². The number of carboxylic acid groups (broad SMARTS) is 1. The van der Waals surface area contributed by atoms with Gasteiger partial charge >= 0.3 is 5.97 Å². The van der Waals surface area contributed by atoms with E-state index in [1.54, 1.807) is 22.8 Å². The van der Waals surface area contributed by atoms with E-state index >= 15 is 0 Å². The second-order valence-corrected chi connectivity index (χ2v) is 6.78. The molecule has 0 fully saturated rings. The molecule has 0 atom stereocenters. The molecule has 140 valence electrons. The Morgan fingerprint density at radius 2 is 1.79 bits per heavy atom. The van der Waals surface area contributed by atoms with Gasteiger partial charge in [-0.1, -0.05) is 41.9 Å². The van der Waals surface area contributed by atoms with Crippen LogP contribution >= 0.6 is 11.6 Å². The first-order chi connectivity index (χ1) is 13.6. The fourth-order valence-corrected chi connectivity index (χ4v) is 3.23. The van der Waals surface area contributed by atoms with Crippen LogP contribution in [0.4, 0.5) is 0 Å². The summed E-state index contributed by atoms with van der Waals surface area (Å²) in [5.74, 6) is 0.379. The SMILES string of the molecule is O=C(O)Cn1c(-c2ccc(OCc3ccccc3)cc2)nc2cc(Cl)ccc21. The van der Waals surface area contributed by atoms with Gasteiger partial charge in [-0.15, -0.1) is 0 Å². The Balaban J connectivity index is 1.63. The predicted molar refractivity (Wildman–Crippen MR) is 109 cm³/mol. The van der Waals surface area contributed by atoms with Gasteiger partial charge in [0, 0.05) is 10.6 Å². The van der Waals surface area contributed by atoms with Crippen molar-refractivity contribution >= 4 is 28.6 Å². The van der Waals surface area contributed by atoms with E-state index in [-0.39, 0.29) is 6.54 Å². The minimum atomic E-state index is -0.932. The van der Waals surface area contributed by atoms with Gasteiger partial charge in [-0.25, -0.2) is 4.98 Å². The summed E-state index contributed by atoms with van der Waals surface area (Å²) in [7, 11) is 0. The molecular weight excluding hydrogens is 376 g/mol. The van der Waals surface area contributed by atoms with Crippen molar-refractivity contribution in [3.8, 4) is 17.1 Å². The molecule has 6 heteroatoms. The molecule has 1 aromatic heterocycles. The van der Waals surface area contributed by atoms with Crippen LogP contribution in [0, 0.1) is 0 Å². The molecule has 0 spiro atoms. The minimum Gasteiger partial charge on any atom is -0.489 e. The first-order valence-electron chi connectivity index (χ1n) is 8.75. The van der Waals surface area contributed by atoms with Crippen molar-refractivity contribution in [2.45, 2.75) is 13.2 Å². The summed E-state index contributed by atoms with van der Waals surface area (Å²) in [6, 6.07) is 22.6. The number of ether oxygens (including phenoxy) is 1. The second-order valence-electron chi connectivity index (χ2n) is 6.35. The van der Waals surface area contributed by atoms with Crippen LogP contribution in [-0.2, 0) is 17.9 Å². The highest BCUT2D eigenvalue weighted by Gasteiger charge is 2.15. The summed E-state index contributed by atoms with van der Waals surface area (Å²) in [5.41, 5.74) is 3.28. The third kappa shape index (κ3) is 3.85. The lowest BCUT2D eigenvalue weighted by molar-refractivity contribution is -0.137. The number of nitrogens with zero attached hydrogens (tertiary/aromatic N) is 2. The fourth-order valence-electron chi connectivity index (χ4n) is 3.06. The summed E-state index contributed by atoms with van der Waals surface area (Å²) in [5, 5.41) is 9.86. The Hall–Kier alpha value is -3.31. The number of hydrogen-bond donors (Lipinski definition) is 1. The van der Waals surface area contributed by atoms with Crippen LogP contribution in [0.3, 0.4) is 0 Å². The number of carboxylic acids is 1. The molecule has 0 aliphatic heterocycles. The molecule has 0 radical (unpaired) electrons. The highest BCUT2D eigenvalue weighted by Crippen LogP contribution is 2.28. The molecule has 28 heavy (non-hydrogen) atoms. The predicted octanol–water partition coefficient (Wildman–Crippen LogP) is 5.02. The van der Waals surface area contributed by atoms with Gasteiger partial charge < -0.3 is 14.4 Å². The first kappa shape index (κ1) is 18.1. The molecule has 1 heterocycles. The van der Waals surface area contributed by atoms with E-state index in [4.69, 9.17) is 16.3 Å². The Labute approximate surface area is 166 Å². The Morgan fingerprint density at radius 1 is 1.04 bits per heavy atom. The monoisotopic (exact) mass is 392 g/mol. The summed E-state index contributed by atoms with van der Waals surface area (Å²) >= 11 is 6.06. The Bertz CT molecular complexity index is 1120. The molecule has 0 bridgehead atoms. The van der Waals surface area contributed by atoms with Crippen molar-refractivity contribution < 1.29 is 14.6 Å². The van der Waals surface area contributed by atoms with Crippen molar-refractivity contribution in [3.63, 3.8) is 0 Å². The lowest BCUT2D eigenvalue weighted by atomic mass is 10.2. The quantitative estimate of drug-likeness (QED) is 0.500. The number of fused-ring (bicyclic) bond motifs is 1. The summed E-state index contributed by atoms with van der Waals surface area (Å²) in [6.07, 6.45) is 0. The molecule has 1 N–H and O–H groups in total. The molecule has 3 aromatic carbocycles. The maximum absolute atomic E-state index is 11.3. The summed E-state index contributed by atoms with van der Waals surface area (Å²) in [4.78, 5) is 15.9. The highest BCUT2D eigenvalue weighted by molar-refractivity contribution is 6.31. The van der Waals surface area contributed by atoms with Crippen LogP contribution in [0.25, 0.3) is 22.4 Å². The van der Waals surface area contributed by atoms with E-state index in [2.05, 4.69) is 4.98 Å². The lowest BCUT2D eigenvalue weighted by Gasteiger charge is -2.09. The van der Waals surface area contributed by atoms with Crippen LogP contribution in [-0.4, -0.2) is 20.6 Å². The largest absolute Gasteiger partial charge is 0.489 e. The van der Waals surface area contributed by atoms with Gasteiger partial charge in [-0.3, -0.25) is 4.79 Å². The Kier molecular flexibility index (Phi) is 5.00. The van der Waals surface area contributed by atoms with Crippen LogP contribution in [0.5, 0.6) is 5.75 Å². The van der Waals surface area contributed by atoms with Gasteiger partial charge in [0.05, 0.1) is 11.0 Å². The number of aromatic nitrogens is 2. The van der Waals surface area contributed by atoms with E-state index in [1.165, 1.54) is 0 Å². The molecular formula is C22H17ClN2O3. The van der Waals surface area contributed by atoms with Crippen molar-refractivity contribution in [3.05, 3.63) is 83.4 Å². The van der Waals surface area contributed by atoms with E-state index in [1.807, 2.05) is 54.6 Å². The van der Waals surface area contributed by atoms with Gasteiger partial charge in [0.25, 0.3) is 0 Å². The van der Waals surface area contributed by atoms with Crippen molar-refractivity contribution in [2.24, 2.45) is 0 Å². The third-order valence-electron chi connectivity index (χ3n) is 4.36. The molecule has 5 nitrogen and oxygen atoms in total. The summed E-state index contributed by atoms with van der Waals surface area (Å²) < 4.78 is 7.49. The maximum atomic E-state index is 11.3. The second kappa shape index (κ2) is 7.74. The number of aliphatic carboxylic acids is 1. The average molecular weight is 393 g/mol. The van der Waals surface area contributed by atoms with Gasteiger partial charge in [0.15, 0.2) is 0 Å². The van der Waals surface area contributed by atoms with E-state index in [0.29, 0.717) is 23.0 Å². The van der Waals surface area contributed by atoms with Crippen molar-refractivity contribution in [2.75, 3.05) is 0 Å². The number of benzene rings is 3. The molecule has 4 aromatic rings. The first-order valence-corrected chi connectivity index (χ1v) is 9.13. The number of halogens is 1. The normalized spacial score (nSPS) is 10.9. The van der Waals surface area contributed by atoms with Crippen LogP contribution < -0.4 is 4.74 Å². The molecule has 0 amide bonds. The van der Waals surface area contributed by atoms with Crippen molar-refractivity contribution in [1.82, 2.24) is 9.55 Å². The van der Waals surface area contributed by atoms with E-state index in [9.17, 15) is 9.90 Å².